The number of nitrogens with zero attached hydrogens (tertiary/aromatic N) is 2. The number of rotatable bonds is 3. The van der Waals surface area contributed by atoms with E-state index < -0.39 is 18.3 Å². The number of piperidine rings is 1. The third-order valence-corrected chi connectivity index (χ3v) is 4.25. The summed E-state index contributed by atoms with van der Waals surface area (Å²) in [6.45, 7) is 1.68. The highest BCUT2D eigenvalue weighted by molar-refractivity contribution is 5.86. The number of nitrogens with one attached hydrogen (secondary N) is 1. The lowest BCUT2D eigenvalue weighted by Gasteiger charge is -2.42. The lowest BCUT2D eigenvalue weighted by molar-refractivity contribution is -0.164. The van der Waals surface area contributed by atoms with Crippen LogP contribution < -0.4 is 5.32 Å². The molecule has 0 bridgehead atoms. The highest BCUT2D eigenvalue weighted by atomic mass is 35.5. The van der Waals surface area contributed by atoms with E-state index in [9.17, 15) is 18.0 Å². The predicted molar refractivity (Wildman–Crippen MR) is 85.4 cm³/mol. The molecule has 2 heterocycles. The molecule has 2 saturated heterocycles. The summed E-state index contributed by atoms with van der Waals surface area (Å²) in [5, 5.41) is 3.18. The Morgan fingerprint density at radius 2 is 1.65 bits per heavy atom. The minimum Gasteiger partial charge on any atom is -0.368 e. The van der Waals surface area contributed by atoms with E-state index >= 15 is 0 Å². The van der Waals surface area contributed by atoms with Gasteiger partial charge in [0.1, 0.15) is 5.60 Å². The van der Waals surface area contributed by atoms with E-state index in [1.165, 1.54) is 12.0 Å². The summed E-state index contributed by atoms with van der Waals surface area (Å²) in [5.41, 5.74) is -0.808. The van der Waals surface area contributed by atoms with Crippen LogP contribution in [0.5, 0.6) is 0 Å². The van der Waals surface area contributed by atoms with E-state index in [4.69, 9.17) is 4.74 Å². The maximum atomic E-state index is 12.6. The third kappa shape index (κ3) is 5.94. The molecule has 0 saturated carbocycles. The summed E-state index contributed by atoms with van der Waals surface area (Å²) >= 11 is 0. The van der Waals surface area contributed by atoms with Crippen LogP contribution in [0.15, 0.2) is 0 Å². The standard InChI is InChI=1S/C13H22F3N3O2.2ClH/c1-21-12(2-4-17-5-3-12)11(20)19-8-6-18(7-9-19)10-13(14,15)16;;/h17H,2-10H2,1H3;2*1H. The Hall–Kier alpha value is -0.280. The molecule has 0 aliphatic carbocycles. The molecule has 0 radical (unpaired) electrons. The molecule has 0 atom stereocenters. The van der Waals surface area contributed by atoms with Gasteiger partial charge in [-0.1, -0.05) is 0 Å². The second-order valence-corrected chi connectivity index (χ2v) is 5.63. The molecule has 23 heavy (non-hydrogen) atoms. The van der Waals surface area contributed by atoms with Crippen LogP contribution in [0.2, 0.25) is 0 Å². The summed E-state index contributed by atoms with van der Waals surface area (Å²) in [7, 11) is 1.53. The molecular weight excluding hydrogens is 358 g/mol. The van der Waals surface area contributed by atoms with E-state index in [1.807, 2.05) is 0 Å². The molecule has 0 aromatic rings. The number of hydrogen-bond donors (Lipinski definition) is 1. The van der Waals surface area contributed by atoms with Gasteiger partial charge in [0, 0.05) is 33.3 Å². The minimum absolute atomic E-state index is 0. The Bertz CT molecular complexity index is 372. The van der Waals surface area contributed by atoms with Gasteiger partial charge < -0.3 is 15.0 Å². The Morgan fingerprint density at radius 3 is 2.09 bits per heavy atom. The van der Waals surface area contributed by atoms with Crippen molar-refractivity contribution in [3.63, 3.8) is 0 Å². The molecule has 0 spiro atoms. The van der Waals surface area contributed by atoms with E-state index in [-0.39, 0.29) is 43.8 Å². The number of ether oxygens (including phenoxy) is 1. The molecule has 0 aromatic heterocycles. The molecular formula is C13H24Cl2F3N3O2. The van der Waals surface area contributed by atoms with Crippen LogP contribution in [-0.4, -0.2) is 80.4 Å². The van der Waals surface area contributed by atoms with Crippen molar-refractivity contribution in [1.82, 2.24) is 15.1 Å². The minimum atomic E-state index is -4.19. The van der Waals surface area contributed by atoms with Crippen LogP contribution in [0.1, 0.15) is 12.8 Å². The van der Waals surface area contributed by atoms with Crippen molar-refractivity contribution < 1.29 is 22.7 Å². The van der Waals surface area contributed by atoms with Crippen molar-refractivity contribution in [2.45, 2.75) is 24.6 Å². The lowest BCUT2D eigenvalue weighted by atomic mass is 9.90. The van der Waals surface area contributed by atoms with Crippen LogP contribution in [0.4, 0.5) is 13.2 Å². The van der Waals surface area contributed by atoms with Crippen LogP contribution >= 0.6 is 24.8 Å². The van der Waals surface area contributed by atoms with Crippen molar-refractivity contribution in [2.75, 3.05) is 52.9 Å². The number of carbonyl (C=O) groups is 1. The van der Waals surface area contributed by atoms with E-state index in [2.05, 4.69) is 5.32 Å². The van der Waals surface area contributed by atoms with Gasteiger partial charge in [0.05, 0.1) is 6.54 Å². The number of piperazine rings is 1. The molecule has 5 nitrogen and oxygen atoms in total. The van der Waals surface area contributed by atoms with Gasteiger partial charge in [0.15, 0.2) is 0 Å². The van der Waals surface area contributed by atoms with Gasteiger partial charge in [-0.3, -0.25) is 9.69 Å². The zero-order chi connectivity index (χ0) is 15.5. The first kappa shape index (κ1) is 22.7. The van der Waals surface area contributed by atoms with Crippen molar-refractivity contribution in [3.8, 4) is 0 Å². The third-order valence-electron chi connectivity index (χ3n) is 4.25. The quantitative estimate of drug-likeness (QED) is 0.800. The van der Waals surface area contributed by atoms with Crippen molar-refractivity contribution in [1.29, 1.82) is 0 Å². The average molecular weight is 382 g/mol. The topological polar surface area (TPSA) is 44.8 Å². The second-order valence-electron chi connectivity index (χ2n) is 5.63. The molecule has 0 unspecified atom stereocenters. The SMILES string of the molecule is COC1(C(=O)N2CCN(CC(F)(F)F)CC2)CCNCC1.Cl.Cl. The molecule has 2 aliphatic rings. The number of hydrogen-bond acceptors (Lipinski definition) is 4. The van der Waals surface area contributed by atoms with Gasteiger partial charge in [0.2, 0.25) is 0 Å². The molecule has 0 aromatic carbocycles. The van der Waals surface area contributed by atoms with Crippen molar-refractivity contribution in [3.05, 3.63) is 0 Å². The summed E-state index contributed by atoms with van der Waals surface area (Å²) < 4.78 is 42.5. The van der Waals surface area contributed by atoms with Crippen molar-refractivity contribution >= 4 is 30.7 Å². The maximum absolute atomic E-state index is 12.6. The Labute approximate surface area is 146 Å². The Kier molecular flexibility index (Phi) is 9.15. The first-order valence-electron chi connectivity index (χ1n) is 7.21. The molecule has 2 fully saturated rings. The first-order valence-corrected chi connectivity index (χ1v) is 7.21. The molecule has 138 valence electrons. The Balaban J connectivity index is 0.00000242. The number of alkyl halides is 3. The second kappa shape index (κ2) is 9.27. The fraction of sp³-hybridized carbons (Fsp3) is 0.923. The van der Waals surface area contributed by atoms with Gasteiger partial charge in [-0.05, 0) is 25.9 Å². The zero-order valence-electron chi connectivity index (χ0n) is 13.0. The van der Waals surface area contributed by atoms with Crippen LogP contribution in [0.3, 0.4) is 0 Å². The number of amides is 1. The summed E-state index contributed by atoms with van der Waals surface area (Å²) in [6.07, 6.45) is -2.98. The number of halogens is 5. The Morgan fingerprint density at radius 1 is 1.13 bits per heavy atom. The maximum Gasteiger partial charge on any atom is 0.401 e. The van der Waals surface area contributed by atoms with Gasteiger partial charge in [-0.25, -0.2) is 0 Å². The molecule has 2 aliphatic heterocycles. The largest absolute Gasteiger partial charge is 0.401 e. The van der Waals surface area contributed by atoms with Gasteiger partial charge in [-0.2, -0.15) is 13.2 Å². The van der Waals surface area contributed by atoms with Crippen LogP contribution in [0, 0.1) is 0 Å². The van der Waals surface area contributed by atoms with Crippen LogP contribution in [0.25, 0.3) is 0 Å². The normalized spacial score (nSPS) is 22.0. The highest BCUT2D eigenvalue weighted by Crippen LogP contribution is 2.26. The highest BCUT2D eigenvalue weighted by Gasteiger charge is 2.43. The molecule has 1 N–H and O–H groups in total. The smallest absolute Gasteiger partial charge is 0.368 e. The lowest BCUT2D eigenvalue weighted by Crippen LogP contribution is -2.59. The number of methoxy groups -OCH3 is 1. The molecule has 2 rings (SSSR count). The van der Waals surface area contributed by atoms with Crippen LogP contribution in [-0.2, 0) is 9.53 Å². The summed E-state index contributed by atoms with van der Waals surface area (Å²) in [4.78, 5) is 15.6. The first-order chi connectivity index (χ1) is 9.86. The average Bonchev–Trinajstić information content (AvgIpc) is 2.46. The zero-order valence-corrected chi connectivity index (χ0v) is 14.7. The predicted octanol–water partition coefficient (Wildman–Crippen LogP) is 1.31. The van der Waals surface area contributed by atoms with Crippen molar-refractivity contribution in [2.24, 2.45) is 0 Å². The van der Waals surface area contributed by atoms with Gasteiger partial charge in [0.25, 0.3) is 5.91 Å². The van der Waals surface area contributed by atoms with Gasteiger partial charge >= 0.3 is 6.18 Å². The van der Waals surface area contributed by atoms with E-state index in [0.717, 1.165) is 0 Å². The fourth-order valence-corrected chi connectivity index (χ4v) is 2.99. The fourth-order valence-electron chi connectivity index (χ4n) is 2.99. The molecule has 1 amide bonds. The summed E-state index contributed by atoms with van der Waals surface area (Å²) in [5.74, 6) is -0.0850. The van der Waals surface area contributed by atoms with E-state index in [1.54, 1.807) is 4.90 Å². The molecule has 10 heteroatoms. The monoisotopic (exact) mass is 381 g/mol. The van der Waals surface area contributed by atoms with E-state index in [0.29, 0.717) is 39.0 Å². The van der Waals surface area contributed by atoms with Gasteiger partial charge in [-0.15, -0.1) is 24.8 Å². The number of carbonyl (C=O) groups excluding carboxylic acids is 1. The summed E-state index contributed by atoms with van der Waals surface area (Å²) in [6, 6.07) is 0.